The number of carbonyl (C=O) groups excluding carboxylic acids is 1. The van der Waals surface area contributed by atoms with Crippen LogP contribution in [0.4, 0.5) is 0 Å². The summed E-state index contributed by atoms with van der Waals surface area (Å²) in [6, 6.07) is 8.85. The minimum atomic E-state index is -1.02. The number of aryl methyl sites for hydroxylation is 1. The van der Waals surface area contributed by atoms with Crippen molar-refractivity contribution >= 4 is 11.9 Å². The van der Waals surface area contributed by atoms with Gasteiger partial charge in [-0.25, -0.2) is 4.79 Å². The summed E-state index contributed by atoms with van der Waals surface area (Å²) in [5.74, 6) is -0.300. The van der Waals surface area contributed by atoms with Crippen LogP contribution in [-0.4, -0.2) is 28.2 Å². The predicted molar refractivity (Wildman–Crippen MR) is 94.1 cm³/mol. The summed E-state index contributed by atoms with van der Waals surface area (Å²) < 4.78 is 5.19. The van der Waals surface area contributed by atoms with Gasteiger partial charge in [0, 0.05) is 12.0 Å². The van der Waals surface area contributed by atoms with Gasteiger partial charge in [0.15, 0.2) is 5.69 Å². The molecule has 0 saturated heterocycles. The fourth-order valence-corrected chi connectivity index (χ4v) is 3.79. The first kappa shape index (κ1) is 16.8. The van der Waals surface area contributed by atoms with Crippen molar-refractivity contribution in [3.8, 4) is 0 Å². The van der Waals surface area contributed by atoms with Gasteiger partial charge in [-0.1, -0.05) is 29.4 Å². The highest BCUT2D eigenvalue weighted by molar-refractivity contribution is 5.94. The highest BCUT2D eigenvalue weighted by Crippen LogP contribution is 2.40. The van der Waals surface area contributed by atoms with Crippen molar-refractivity contribution in [1.29, 1.82) is 0 Å². The van der Waals surface area contributed by atoms with Crippen LogP contribution in [0, 0.1) is 0 Å². The quantitative estimate of drug-likeness (QED) is 0.831. The average Bonchev–Trinajstić information content (AvgIpc) is 3.38. The van der Waals surface area contributed by atoms with E-state index in [2.05, 4.69) is 22.6 Å². The minimum absolute atomic E-state index is 0.140. The number of aromatic nitrogens is 1. The second-order valence-electron chi connectivity index (χ2n) is 7.28. The topological polar surface area (TPSA) is 92.4 Å². The molecule has 2 aromatic rings. The summed E-state index contributed by atoms with van der Waals surface area (Å²) in [7, 11) is 0. The first-order chi connectivity index (χ1) is 12.6. The fraction of sp³-hybridized carbons (Fsp3) is 0.450. The van der Waals surface area contributed by atoms with Crippen LogP contribution < -0.4 is 5.32 Å². The van der Waals surface area contributed by atoms with Gasteiger partial charge in [0.25, 0.3) is 5.91 Å². The van der Waals surface area contributed by atoms with E-state index in [1.807, 2.05) is 12.1 Å². The Morgan fingerprint density at radius 1 is 1.27 bits per heavy atom. The number of hydrogen-bond donors (Lipinski definition) is 2. The van der Waals surface area contributed by atoms with Crippen LogP contribution >= 0.6 is 0 Å². The van der Waals surface area contributed by atoms with E-state index in [1.54, 1.807) is 6.07 Å². The summed E-state index contributed by atoms with van der Waals surface area (Å²) in [5.41, 5.74) is 2.64. The van der Waals surface area contributed by atoms with Crippen molar-refractivity contribution in [1.82, 2.24) is 10.5 Å². The molecule has 1 fully saturated rings. The summed E-state index contributed by atoms with van der Waals surface area (Å²) in [5, 5.41) is 16.0. The van der Waals surface area contributed by atoms with Crippen molar-refractivity contribution in [2.24, 2.45) is 0 Å². The molecule has 26 heavy (non-hydrogen) atoms. The molecule has 2 atom stereocenters. The van der Waals surface area contributed by atoms with Gasteiger partial charge in [0.2, 0.25) is 0 Å². The van der Waals surface area contributed by atoms with Crippen molar-refractivity contribution < 1.29 is 19.2 Å². The summed E-state index contributed by atoms with van der Waals surface area (Å²) in [6.07, 6.45) is 5.48. The van der Waals surface area contributed by atoms with Crippen LogP contribution in [-0.2, 0) is 11.2 Å². The Hall–Kier alpha value is -2.63. The van der Waals surface area contributed by atoms with Gasteiger partial charge in [-0.2, -0.15) is 0 Å². The number of fused-ring (bicyclic) bond motifs is 1. The fourth-order valence-electron chi connectivity index (χ4n) is 3.79. The Kier molecular flexibility index (Phi) is 4.49. The molecule has 136 valence electrons. The molecule has 0 bridgehead atoms. The molecule has 2 unspecified atom stereocenters. The first-order valence-corrected chi connectivity index (χ1v) is 9.20. The maximum absolute atomic E-state index is 12.4. The third kappa shape index (κ3) is 3.49. The zero-order valence-corrected chi connectivity index (χ0v) is 14.5. The molecule has 0 aliphatic heterocycles. The Labute approximate surface area is 151 Å². The van der Waals surface area contributed by atoms with Gasteiger partial charge in [-0.15, -0.1) is 0 Å². The normalized spacial score (nSPS) is 20.2. The number of benzene rings is 1. The molecule has 1 aromatic carbocycles. The standard InChI is InChI=1S/C20H22N2O4/c23-19(16-11-18(26-22-16)13-8-9-13)21-17(20(24)25)10-14-6-3-5-12-4-1-2-7-15(12)14/h1-2,4,7,11,13-14,17H,3,5-6,8-10H2,(H,21,23)(H,24,25). The van der Waals surface area contributed by atoms with Crippen LogP contribution in [0.25, 0.3) is 0 Å². The Bertz CT molecular complexity index is 825. The van der Waals surface area contributed by atoms with E-state index >= 15 is 0 Å². The van der Waals surface area contributed by atoms with E-state index in [-0.39, 0.29) is 11.6 Å². The van der Waals surface area contributed by atoms with E-state index in [0.29, 0.717) is 18.1 Å². The molecule has 1 amide bonds. The highest BCUT2D eigenvalue weighted by atomic mass is 16.5. The minimum Gasteiger partial charge on any atom is -0.480 e. The smallest absolute Gasteiger partial charge is 0.326 e. The molecule has 2 aliphatic rings. The van der Waals surface area contributed by atoms with Crippen LogP contribution in [0.2, 0.25) is 0 Å². The third-order valence-corrected chi connectivity index (χ3v) is 5.36. The van der Waals surface area contributed by atoms with Crippen LogP contribution in [0.15, 0.2) is 34.9 Å². The lowest BCUT2D eigenvalue weighted by Gasteiger charge is -2.27. The van der Waals surface area contributed by atoms with Crippen molar-refractivity contribution in [2.45, 2.75) is 56.4 Å². The van der Waals surface area contributed by atoms with E-state index in [0.717, 1.165) is 32.1 Å². The van der Waals surface area contributed by atoms with Crippen LogP contribution in [0.5, 0.6) is 0 Å². The predicted octanol–water partition coefficient (Wildman–Crippen LogP) is 3.25. The van der Waals surface area contributed by atoms with Crippen molar-refractivity contribution in [3.63, 3.8) is 0 Å². The SMILES string of the molecule is O=C(NC(CC1CCCc2ccccc21)C(=O)O)c1cc(C2CC2)on1. The van der Waals surface area contributed by atoms with E-state index in [1.165, 1.54) is 11.1 Å². The van der Waals surface area contributed by atoms with Gasteiger partial charge in [-0.3, -0.25) is 4.79 Å². The second-order valence-corrected chi connectivity index (χ2v) is 7.28. The highest BCUT2D eigenvalue weighted by Gasteiger charge is 2.31. The number of rotatable bonds is 6. The number of amides is 1. The number of nitrogens with zero attached hydrogens (tertiary/aromatic N) is 1. The van der Waals surface area contributed by atoms with Crippen molar-refractivity contribution in [2.75, 3.05) is 0 Å². The molecule has 2 aliphatic carbocycles. The molecular weight excluding hydrogens is 332 g/mol. The number of carbonyl (C=O) groups is 2. The number of aliphatic carboxylic acids is 1. The summed E-state index contributed by atoms with van der Waals surface area (Å²) in [4.78, 5) is 24.1. The Morgan fingerprint density at radius 2 is 2.08 bits per heavy atom. The number of carboxylic acid groups (broad SMARTS) is 1. The molecule has 6 nitrogen and oxygen atoms in total. The second kappa shape index (κ2) is 6.94. The first-order valence-electron chi connectivity index (χ1n) is 9.20. The Morgan fingerprint density at radius 3 is 2.85 bits per heavy atom. The van der Waals surface area contributed by atoms with Crippen LogP contribution in [0.3, 0.4) is 0 Å². The van der Waals surface area contributed by atoms with Crippen molar-refractivity contribution in [3.05, 3.63) is 52.9 Å². The number of nitrogens with one attached hydrogen (secondary N) is 1. The van der Waals surface area contributed by atoms with Crippen LogP contribution in [0.1, 0.15) is 71.3 Å². The molecular formula is C20H22N2O4. The maximum atomic E-state index is 12.4. The van der Waals surface area contributed by atoms with E-state index in [9.17, 15) is 14.7 Å². The van der Waals surface area contributed by atoms with Gasteiger partial charge in [0.05, 0.1) is 0 Å². The molecule has 1 saturated carbocycles. The number of hydrogen-bond acceptors (Lipinski definition) is 4. The lowest BCUT2D eigenvalue weighted by molar-refractivity contribution is -0.139. The maximum Gasteiger partial charge on any atom is 0.326 e. The zero-order valence-electron chi connectivity index (χ0n) is 14.5. The van der Waals surface area contributed by atoms with E-state index in [4.69, 9.17) is 4.52 Å². The third-order valence-electron chi connectivity index (χ3n) is 5.36. The lowest BCUT2D eigenvalue weighted by Crippen LogP contribution is -2.42. The van der Waals surface area contributed by atoms with Gasteiger partial charge in [-0.05, 0) is 55.6 Å². The summed E-state index contributed by atoms with van der Waals surface area (Å²) >= 11 is 0. The number of carboxylic acids is 1. The molecule has 0 spiro atoms. The molecule has 0 radical (unpaired) electrons. The monoisotopic (exact) mass is 354 g/mol. The lowest BCUT2D eigenvalue weighted by atomic mass is 9.79. The van der Waals surface area contributed by atoms with Gasteiger partial charge < -0.3 is 14.9 Å². The van der Waals surface area contributed by atoms with Gasteiger partial charge >= 0.3 is 5.97 Å². The summed E-state index contributed by atoms with van der Waals surface area (Å²) in [6.45, 7) is 0. The zero-order chi connectivity index (χ0) is 18.1. The molecule has 1 aromatic heterocycles. The average molecular weight is 354 g/mol. The molecule has 1 heterocycles. The largest absolute Gasteiger partial charge is 0.480 e. The van der Waals surface area contributed by atoms with Gasteiger partial charge in [0.1, 0.15) is 11.8 Å². The molecule has 4 rings (SSSR count). The Balaban J connectivity index is 1.46. The van der Waals surface area contributed by atoms with E-state index < -0.39 is 17.9 Å². The molecule has 6 heteroatoms. The molecule has 2 N–H and O–H groups in total.